The van der Waals surface area contributed by atoms with Crippen molar-refractivity contribution >= 4 is 35.4 Å². The van der Waals surface area contributed by atoms with Gasteiger partial charge in [0.2, 0.25) is 11.9 Å². The van der Waals surface area contributed by atoms with Crippen molar-refractivity contribution in [3.05, 3.63) is 59.8 Å². The number of hydrogen-bond acceptors (Lipinski definition) is 7. The first-order valence-corrected chi connectivity index (χ1v) is 11.6. The second kappa shape index (κ2) is 9.91. The highest BCUT2D eigenvalue weighted by Crippen LogP contribution is 2.23. The van der Waals surface area contributed by atoms with Crippen LogP contribution in [0.15, 0.2) is 49.1 Å². The molecule has 184 valence electrons. The van der Waals surface area contributed by atoms with Gasteiger partial charge in [-0.05, 0) is 58.0 Å². The Kier molecular flexibility index (Phi) is 6.93. The van der Waals surface area contributed by atoms with Gasteiger partial charge >= 0.3 is 6.09 Å². The average molecular weight is 498 g/mol. The highest BCUT2D eigenvalue weighted by atomic mass is 35.5. The number of benzene rings is 1. The molecule has 10 nitrogen and oxygen atoms in total. The number of anilines is 2. The third-order valence-corrected chi connectivity index (χ3v) is 5.53. The maximum absolute atomic E-state index is 12.6. The first-order valence-electron chi connectivity index (χ1n) is 11.3. The van der Waals surface area contributed by atoms with Crippen molar-refractivity contribution in [2.75, 3.05) is 16.8 Å². The van der Waals surface area contributed by atoms with Crippen LogP contribution in [0.5, 0.6) is 0 Å². The van der Waals surface area contributed by atoms with Gasteiger partial charge in [-0.3, -0.25) is 9.69 Å². The van der Waals surface area contributed by atoms with E-state index in [0.717, 1.165) is 11.4 Å². The van der Waals surface area contributed by atoms with Crippen LogP contribution in [0.2, 0.25) is 5.02 Å². The minimum atomic E-state index is -0.610. The molecule has 0 spiro atoms. The number of nitrogens with zero attached hydrogens (tertiary/aromatic N) is 5. The molecule has 1 saturated heterocycles. The summed E-state index contributed by atoms with van der Waals surface area (Å²) >= 11 is 5.97. The maximum Gasteiger partial charge on any atom is 0.407 e. The Balaban J connectivity index is 1.40. The van der Waals surface area contributed by atoms with Crippen LogP contribution >= 0.6 is 11.6 Å². The minimum Gasteiger partial charge on any atom is -0.444 e. The van der Waals surface area contributed by atoms with Crippen LogP contribution in [0.25, 0.3) is 5.69 Å². The van der Waals surface area contributed by atoms with Crippen molar-refractivity contribution in [2.45, 2.75) is 51.8 Å². The fourth-order valence-electron chi connectivity index (χ4n) is 3.65. The van der Waals surface area contributed by atoms with Crippen LogP contribution in [0.4, 0.5) is 16.6 Å². The monoisotopic (exact) mass is 497 g/mol. The largest absolute Gasteiger partial charge is 0.444 e. The van der Waals surface area contributed by atoms with Crippen LogP contribution in [-0.2, 0) is 9.53 Å². The average Bonchev–Trinajstić information content (AvgIpc) is 3.40. The summed E-state index contributed by atoms with van der Waals surface area (Å²) in [6.45, 7) is 7.62. The van der Waals surface area contributed by atoms with Gasteiger partial charge in [-0.15, -0.1) is 0 Å². The lowest BCUT2D eigenvalue weighted by atomic mass is 10.2. The van der Waals surface area contributed by atoms with Gasteiger partial charge in [0.15, 0.2) is 0 Å². The number of halogens is 1. The molecule has 0 bridgehead atoms. The number of ether oxygens (including phenoxy) is 1. The van der Waals surface area contributed by atoms with E-state index in [2.05, 4.69) is 25.6 Å². The second-order valence-electron chi connectivity index (χ2n) is 9.34. The highest BCUT2D eigenvalue weighted by Gasteiger charge is 2.33. The van der Waals surface area contributed by atoms with E-state index >= 15 is 0 Å². The zero-order valence-corrected chi connectivity index (χ0v) is 20.8. The van der Waals surface area contributed by atoms with Gasteiger partial charge in [-0.1, -0.05) is 11.6 Å². The molecule has 0 saturated carbocycles. The van der Waals surface area contributed by atoms with Gasteiger partial charge in [0.05, 0.1) is 24.1 Å². The molecule has 1 aromatic carbocycles. The van der Waals surface area contributed by atoms with Gasteiger partial charge < -0.3 is 19.9 Å². The molecule has 3 aromatic rings. The van der Waals surface area contributed by atoms with Gasteiger partial charge in [-0.25, -0.2) is 14.8 Å². The molecular weight excluding hydrogens is 470 g/mol. The Morgan fingerprint density at radius 1 is 1.20 bits per heavy atom. The first kappa shape index (κ1) is 24.5. The zero-order valence-electron chi connectivity index (χ0n) is 20.0. The smallest absolute Gasteiger partial charge is 0.407 e. The second-order valence-corrected chi connectivity index (χ2v) is 9.77. The molecule has 4 rings (SSSR count). The van der Waals surface area contributed by atoms with Crippen molar-refractivity contribution < 1.29 is 14.3 Å². The Morgan fingerprint density at radius 3 is 2.66 bits per heavy atom. The van der Waals surface area contributed by atoms with Crippen molar-refractivity contribution in [3.8, 4) is 5.69 Å². The van der Waals surface area contributed by atoms with Gasteiger partial charge in [0.1, 0.15) is 11.4 Å². The fourth-order valence-corrected chi connectivity index (χ4v) is 3.78. The third kappa shape index (κ3) is 6.27. The van der Waals surface area contributed by atoms with Crippen LogP contribution < -0.4 is 15.5 Å². The maximum atomic E-state index is 12.6. The summed E-state index contributed by atoms with van der Waals surface area (Å²) in [5.41, 5.74) is 1.13. The van der Waals surface area contributed by atoms with Gasteiger partial charge in [0.25, 0.3) is 0 Å². The van der Waals surface area contributed by atoms with E-state index < -0.39 is 11.7 Å². The van der Waals surface area contributed by atoms with E-state index in [1.807, 2.05) is 42.0 Å². The lowest BCUT2D eigenvalue weighted by molar-refractivity contribution is -0.117. The summed E-state index contributed by atoms with van der Waals surface area (Å²) in [6.07, 6.45) is 4.86. The van der Waals surface area contributed by atoms with Gasteiger partial charge in [-0.2, -0.15) is 4.98 Å². The number of hydrogen-bond donors (Lipinski definition) is 2. The fraction of sp³-hybridized carbons (Fsp3) is 0.375. The molecule has 0 radical (unpaired) electrons. The van der Waals surface area contributed by atoms with Crippen molar-refractivity contribution in [1.29, 1.82) is 0 Å². The number of nitrogens with one attached hydrogen (secondary N) is 2. The molecular formula is C24H28ClN7O3. The third-order valence-electron chi connectivity index (χ3n) is 5.28. The summed E-state index contributed by atoms with van der Waals surface area (Å²) in [5.74, 6) is 0.692. The number of carbonyl (C=O) groups excluding carboxylic acids is 2. The molecule has 2 N–H and O–H groups in total. The summed E-state index contributed by atoms with van der Waals surface area (Å²) in [5, 5.41) is 6.66. The van der Waals surface area contributed by atoms with Crippen LogP contribution in [0.3, 0.4) is 0 Å². The van der Waals surface area contributed by atoms with Crippen molar-refractivity contribution in [3.63, 3.8) is 0 Å². The highest BCUT2D eigenvalue weighted by molar-refractivity contribution is 6.30. The van der Waals surface area contributed by atoms with Crippen molar-refractivity contribution in [1.82, 2.24) is 24.8 Å². The molecule has 2 atom stereocenters. The lowest BCUT2D eigenvalue weighted by Gasteiger charge is -2.22. The molecule has 0 unspecified atom stereocenters. The van der Waals surface area contributed by atoms with E-state index in [1.54, 1.807) is 39.4 Å². The summed E-state index contributed by atoms with van der Waals surface area (Å²) in [6, 6.07) is 8.59. The quantitative estimate of drug-likeness (QED) is 0.526. The SMILES string of the molecule is C[C@H](Nc1nccc(N2C[C@H](NC(=O)OC(C)(C)C)CC2=O)n1)c1cn(-c2ccc(Cl)cc2)cn1. The standard InChI is InChI=1S/C24H28ClN7O3/c1-15(19-13-31(14-27-19)18-7-5-16(25)6-8-18)28-22-26-10-9-20(30-22)32-12-17(11-21(32)33)29-23(34)35-24(2,3)4/h5-10,13-15,17H,11-12H2,1-4H3,(H,29,34)(H,26,28,30)/t15-,17+/m0/s1. The predicted molar refractivity (Wildman–Crippen MR) is 133 cm³/mol. The molecule has 35 heavy (non-hydrogen) atoms. The van der Waals surface area contributed by atoms with Gasteiger partial charge in [0, 0.05) is 36.1 Å². The molecule has 1 fully saturated rings. The molecule has 1 aliphatic rings. The topological polar surface area (TPSA) is 114 Å². The number of aromatic nitrogens is 4. The Labute approximate surface area is 208 Å². The normalized spacial score (nSPS) is 16.8. The number of amides is 2. The summed E-state index contributed by atoms with van der Waals surface area (Å²) < 4.78 is 7.19. The van der Waals surface area contributed by atoms with E-state index in [-0.39, 0.29) is 24.4 Å². The van der Waals surface area contributed by atoms with Crippen LogP contribution in [0, 0.1) is 0 Å². The van der Waals surface area contributed by atoms with E-state index in [9.17, 15) is 9.59 Å². The molecule has 1 aliphatic heterocycles. The van der Waals surface area contributed by atoms with Crippen molar-refractivity contribution in [2.24, 2.45) is 0 Å². The molecule has 11 heteroatoms. The minimum absolute atomic E-state index is 0.134. The molecule has 2 amide bonds. The Bertz CT molecular complexity index is 1210. The van der Waals surface area contributed by atoms with E-state index in [0.29, 0.717) is 23.3 Å². The van der Waals surface area contributed by atoms with E-state index in [1.165, 1.54) is 4.90 Å². The summed E-state index contributed by atoms with van der Waals surface area (Å²) in [7, 11) is 0. The first-order chi connectivity index (χ1) is 16.6. The zero-order chi connectivity index (χ0) is 25.2. The number of imidazole rings is 1. The molecule has 0 aliphatic carbocycles. The Hall–Kier alpha value is -3.66. The van der Waals surface area contributed by atoms with Crippen LogP contribution in [-0.4, -0.2) is 49.7 Å². The Morgan fingerprint density at radius 2 is 1.94 bits per heavy atom. The number of rotatable bonds is 6. The summed E-state index contributed by atoms with van der Waals surface area (Å²) in [4.78, 5) is 39.5. The molecule has 3 heterocycles. The molecule has 2 aromatic heterocycles. The van der Waals surface area contributed by atoms with E-state index in [4.69, 9.17) is 16.3 Å². The number of carbonyl (C=O) groups is 2. The predicted octanol–water partition coefficient (Wildman–Crippen LogP) is 4.12. The lowest BCUT2D eigenvalue weighted by Crippen LogP contribution is -2.40. The van der Waals surface area contributed by atoms with Crippen LogP contribution in [0.1, 0.15) is 45.9 Å². The number of alkyl carbamates (subject to hydrolysis) is 1.